The number of aryl methyl sites for hydroxylation is 1. The Morgan fingerprint density at radius 1 is 1.09 bits per heavy atom. The summed E-state index contributed by atoms with van der Waals surface area (Å²) in [4.78, 5) is 15.5. The average molecular weight is 479 g/mol. The molecule has 1 N–H and O–H groups in total. The van der Waals surface area contributed by atoms with E-state index >= 15 is 0 Å². The molecule has 0 bridgehead atoms. The van der Waals surface area contributed by atoms with Gasteiger partial charge in [0.15, 0.2) is 11.5 Å². The van der Waals surface area contributed by atoms with E-state index < -0.39 is 0 Å². The number of rotatable bonds is 7. The lowest BCUT2D eigenvalue weighted by Gasteiger charge is -2.41. The lowest BCUT2D eigenvalue weighted by molar-refractivity contribution is 0.0877. The number of amides is 1. The van der Waals surface area contributed by atoms with Crippen LogP contribution in [0.1, 0.15) is 45.6 Å². The van der Waals surface area contributed by atoms with Crippen LogP contribution in [0.5, 0.6) is 11.5 Å². The Balaban J connectivity index is 1.68. The number of hydrogen-bond donors (Lipinski definition) is 1. The predicted molar refractivity (Wildman–Crippen MR) is 136 cm³/mol. The first-order valence-corrected chi connectivity index (χ1v) is 11.9. The van der Waals surface area contributed by atoms with Crippen molar-refractivity contribution in [2.75, 3.05) is 20.8 Å². The van der Waals surface area contributed by atoms with E-state index in [0.29, 0.717) is 16.3 Å². The third-order valence-electron chi connectivity index (χ3n) is 6.45. The number of benzene rings is 3. The molecule has 1 aliphatic rings. The van der Waals surface area contributed by atoms with Gasteiger partial charge in [0, 0.05) is 29.7 Å². The summed E-state index contributed by atoms with van der Waals surface area (Å²) in [7, 11) is 3.30. The number of methoxy groups -OCH3 is 2. The van der Waals surface area contributed by atoms with Crippen LogP contribution < -0.4 is 14.8 Å². The summed E-state index contributed by atoms with van der Waals surface area (Å²) in [6, 6.07) is 19.6. The smallest absolute Gasteiger partial charge is 0.251 e. The van der Waals surface area contributed by atoms with Gasteiger partial charge in [-0.25, -0.2) is 0 Å². The fourth-order valence-electron chi connectivity index (χ4n) is 4.72. The van der Waals surface area contributed by atoms with Crippen LogP contribution in [0.4, 0.5) is 0 Å². The fraction of sp³-hybridized carbons (Fsp3) is 0.321. The monoisotopic (exact) mass is 478 g/mol. The number of hydrogen-bond acceptors (Lipinski definition) is 4. The number of nitrogens with one attached hydrogen (secondary N) is 1. The number of nitrogens with zero attached hydrogens (tertiary/aromatic N) is 1. The second-order valence-electron chi connectivity index (χ2n) is 8.83. The number of carbonyl (C=O) groups excluding carboxylic acids is 1. The van der Waals surface area contributed by atoms with Gasteiger partial charge in [0.2, 0.25) is 0 Å². The molecule has 4 rings (SSSR count). The summed E-state index contributed by atoms with van der Waals surface area (Å²) in [5.74, 6) is 1.28. The molecule has 6 heteroatoms. The number of fused-ring (bicyclic) bond motifs is 1. The van der Waals surface area contributed by atoms with Crippen molar-refractivity contribution in [2.45, 2.75) is 38.9 Å². The van der Waals surface area contributed by atoms with Crippen LogP contribution in [0.2, 0.25) is 5.02 Å². The van der Waals surface area contributed by atoms with Crippen LogP contribution >= 0.6 is 11.6 Å². The number of carbonyl (C=O) groups is 1. The molecule has 2 unspecified atom stereocenters. The zero-order chi connectivity index (χ0) is 24.2. The molecule has 34 heavy (non-hydrogen) atoms. The van der Waals surface area contributed by atoms with Gasteiger partial charge in [0.1, 0.15) is 0 Å². The predicted octanol–water partition coefficient (Wildman–Crippen LogP) is 5.58. The third-order valence-corrected chi connectivity index (χ3v) is 6.69. The summed E-state index contributed by atoms with van der Waals surface area (Å²) in [6.07, 6.45) is 0.896. The fourth-order valence-corrected chi connectivity index (χ4v) is 4.91. The van der Waals surface area contributed by atoms with Gasteiger partial charge < -0.3 is 14.8 Å². The lowest BCUT2D eigenvalue weighted by atomic mass is 9.87. The third kappa shape index (κ3) is 5.21. The van der Waals surface area contributed by atoms with Crippen molar-refractivity contribution in [1.82, 2.24) is 10.2 Å². The maximum absolute atomic E-state index is 13.1. The molecule has 1 heterocycles. The van der Waals surface area contributed by atoms with Crippen molar-refractivity contribution in [2.24, 2.45) is 0 Å². The molecule has 0 saturated carbocycles. The summed E-state index contributed by atoms with van der Waals surface area (Å²) in [5, 5.41) is 3.76. The molecule has 1 aliphatic heterocycles. The van der Waals surface area contributed by atoms with Crippen molar-refractivity contribution in [3.63, 3.8) is 0 Å². The highest BCUT2D eigenvalue weighted by Crippen LogP contribution is 2.40. The van der Waals surface area contributed by atoms with E-state index in [-0.39, 0.29) is 18.0 Å². The van der Waals surface area contributed by atoms with Crippen molar-refractivity contribution in [3.8, 4) is 11.5 Å². The van der Waals surface area contributed by atoms with E-state index in [4.69, 9.17) is 21.1 Å². The zero-order valence-corrected chi connectivity index (χ0v) is 20.9. The minimum Gasteiger partial charge on any atom is -0.493 e. The number of halogens is 1. The van der Waals surface area contributed by atoms with E-state index in [2.05, 4.69) is 60.5 Å². The van der Waals surface area contributed by atoms with E-state index in [1.807, 2.05) is 0 Å². The summed E-state index contributed by atoms with van der Waals surface area (Å²) < 4.78 is 11.2. The molecule has 0 saturated heterocycles. The summed E-state index contributed by atoms with van der Waals surface area (Å²) >= 11 is 6.11. The van der Waals surface area contributed by atoms with Gasteiger partial charge in [-0.05, 0) is 67.3 Å². The Morgan fingerprint density at radius 2 is 1.79 bits per heavy atom. The minimum atomic E-state index is -0.158. The molecule has 1 amide bonds. The minimum absolute atomic E-state index is 0.0343. The van der Waals surface area contributed by atoms with Gasteiger partial charge in [-0.3, -0.25) is 9.69 Å². The summed E-state index contributed by atoms with van der Waals surface area (Å²) in [5.41, 5.74) is 5.39. The highest BCUT2D eigenvalue weighted by atomic mass is 35.5. The van der Waals surface area contributed by atoms with Gasteiger partial charge in [-0.1, -0.05) is 47.5 Å². The Hall–Kier alpha value is -3.02. The first-order valence-electron chi connectivity index (χ1n) is 11.5. The molecule has 0 aromatic heterocycles. The molecule has 5 nitrogen and oxygen atoms in total. The Bertz CT molecular complexity index is 1160. The molecule has 3 aromatic carbocycles. The molecule has 0 fully saturated rings. The van der Waals surface area contributed by atoms with Crippen molar-refractivity contribution in [3.05, 3.63) is 93.5 Å². The van der Waals surface area contributed by atoms with E-state index in [1.165, 1.54) is 16.7 Å². The molecular formula is C28H31ClN2O3. The molecule has 178 valence electrons. The van der Waals surface area contributed by atoms with Gasteiger partial charge in [-0.2, -0.15) is 0 Å². The van der Waals surface area contributed by atoms with Crippen LogP contribution in [-0.2, 0) is 13.0 Å². The second-order valence-corrected chi connectivity index (χ2v) is 9.27. The van der Waals surface area contributed by atoms with Crippen LogP contribution in [0.3, 0.4) is 0 Å². The molecular weight excluding hydrogens is 448 g/mol. The Morgan fingerprint density at radius 3 is 2.47 bits per heavy atom. The topological polar surface area (TPSA) is 50.8 Å². The first kappa shape index (κ1) is 24.1. The van der Waals surface area contributed by atoms with Crippen molar-refractivity contribution >= 4 is 17.5 Å². The standard InChI is InChI=1S/C28H31ClN2O3/c1-18-8-10-20(11-9-18)17-31-13-12-21-15-25(33-3)26(34-4)16-24(21)27(31)19(2)30-28(32)22-6-5-7-23(29)14-22/h5-11,14-16,19,27H,12-13,17H2,1-4H3,(H,30,32). The van der Waals surface area contributed by atoms with Crippen molar-refractivity contribution < 1.29 is 14.3 Å². The van der Waals surface area contributed by atoms with Crippen molar-refractivity contribution in [1.29, 1.82) is 0 Å². The molecule has 2 atom stereocenters. The van der Waals surface area contributed by atoms with E-state index in [9.17, 15) is 4.79 Å². The molecule has 3 aromatic rings. The van der Waals surface area contributed by atoms with Gasteiger partial charge in [0.25, 0.3) is 5.91 Å². The second kappa shape index (κ2) is 10.5. The SMILES string of the molecule is COc1cc2c(cc1OC)C(C(C)NC(=O)c1cccc(Cl)c1)N(Cc1ccc(C)cc1)CC2. The maximum Gasteiger partial charge on any atom is 0.251 e. The quantitative estimate of drug-likeness (QED) is 0.481. The van der Waals surface area contributed by atoms with Crippen LogP contribution in [0.15, 0.2) is 60.7 Å². The van der Waals surface area contributed by atoms with Crippen LogP contribution in [0, 0.1) is 6.92 Å². The highest BCUT2D eigenvalue weighted by molar-refractivity contribution is 6.30. The van der Waals surface area contributed by atoms with Gasteiger partial charge in [0.05, 0.1) is 20.3 Å². The Kier molecular flexibility index (Phi) is 7.44. The highest BCUT2D eigenvalue weighted by Gasteiger charge is 2.34. The van der Waals surface area contributed by atoms with Crippen LogP contribution in [-0.4, -0.2) is 37.6 Å². The first-order chi connectivity index (χ1) is 16.4. The summed E-state index contributed by atoms with van der Waals surface area (Å²) in [6.45, 7) is 5.81. The van der Waals surface area contributed by atoms with Gasteiger partial charge in [-0.15, -0.1) is 0 Å². The van der Waals surface area contributed by atoms with E-state index in [1.54, 1.807) is 38.5 Å². The molecule has 0 aliphatic carbocycles. The zero-order valence-electron chi connectivity index (χ0n) is 20.1. The molecule has 0 radical (unpaired) electrons. The normalized spacial score (nSPS) is 16.4. The number of ether oxygens (including phenoxy) is 2. The maximum atomic E-state index is 13.1. The molecule has 0 spiro atoms. The lowest BCUT2D eigenvalue weighted by Crippen LogP contribution is -2.47. The van der Waals surface area contributed by atoms with Crippen LogP contribution in [0.25, 0.3) is 0 Å². The van der Waals surface area contributed by atoms with E-state index in [0.717, 1.165) is 30.8 Å². The Labute approximate surface area is 206 Å². The largest absolute Gasteiger partial charge is 0.493 e. The van der Waals surface area contributed by atoms with Gasteiger partial charge >= 0.3 is 0 Å². The average Bonchev–Trinajstić information content (AvgIpc) is 2.84.